The van der Waals surface area contributed by atoms with E-state index >= 15 is 0 Å². The zero-order valence-electron chi connectivity index (χ0n) is 12.1. The summed E-state index contributed by atoms with van der Waals surface area (Å²) < 4.78 is 0. The number of carbonyl (C=O) groups excluding carboxylic acids is 1. The number of halogens is 1. The summed E-state index contributed by atoms with van der Waals surface area (Å²) in [5.74, 6) is 0.124. The average molecular weight is 320 g/mol. The highest BCUT2D eigenvalue weighted by atomic mass is 35.5. The molecule has 1 amide bonds. The minimum absolute atomic E-state index is 0.124. The van der Waals surface area contributed by atoms with E-state index in [9.17, 15) is 4.79 Å². The van der Waals surface area contributed by atoms with Crippen LogP contribution in [0.4, 0.5) is 0 Å². The van der Waals surface area contributed by atoms with E-state index < -0.39 is 0 Å². The molecule has 0 aliphatic heterocycles. The van der Waals surface area contributed by atoms with E-state index in [1.165, 1.54) is 0 Å². The molecule has 2 aromatic carbocycles. The maximum absolute atomic E-state index is 12.4. The summed E-state index contributed by atoms with van der Waals surface area (Å²) >= 11 is 7.42. The Labute approximate surface area is 135 Å². The molecule has 0 heterocycles. The molecule has 2 aromatic rings. The number of hydrogen-bond donors (Lipinski definition) is 0. The highest BCUT2D eigenvalue weighted by Crippen LogP contribution is 2.25. The van der Waals surface area contributed by atoms with Crippen molar-refractivity contribution in [3.05, 3.63) is 65.2 Å². The fourth-order valence-corrected chi connectivity index (χ4v) is 3.12. The van der Waals surface area contributed by atoms with Crippen LogP contribution in [-0.4, -0.2) is 23.1 Å². The minimum atomic E-state index is -0.125. The summed E-state index contributed by atoms with van der Waals surface area (Å²) in [4.78, 5) is 15.2. The van der Waals surface area contributed by atoms with Crippen LogP contribution in [-0.2, 0) is 11.3 Å². The fraction of sp³-hybridized carbons (Fsp3) is 0.235. The molecule has 21 heavy (non-hydrogen) atoms. The Morgan fingerprint density at radius 3 is 2.38 bits per heavy atom. The summed E-state index contributed by atoms with van der Waals surface area (Å²) in [6.45, 7) is 2.56. The Kier molecular flexibility index (Phi) is 5.71. The standard InChI is InChI=1S/C17H18ClNOS/c1-13(21-16-10-8-15(18)9-11-16)17(20)19(2)12-14-6-4-3-5-7-14/h3-11,13H,12H2,1-2H3. The average Bonchev–Trinajstić information content (AvgIpc) is 2.49. The van der Waals surface area contributed by atoms with E-state index in [1.807, 2.05) is 68.6 Å². The zero-order chi connectivity index (χ0) is 15.2. The second-order valence-corrected chi connectivity index (χ2v) is 6.74. The van der Waals surface area contributed by atoms with Crippen molar-refractivity contribution in [1.29, 1.82) is 0 Å². The quantitative estimate of drug-likeness (QED) is 0.757. The molecule has 0 fully saturated rings. The molecule has 0 aromatic heterocycles. The monoisotopic (exact) mass is 319 g/mol. The van der Waals surface area contributed by atoms with Crippen molar-refractivity contribution < 1.29 is 4.79 Å². The number of carbonyl (C=O) groups is 1. The van der Waals surface area contributed by atoms with Crippen molar-refractivity contribution in [2.45, 2.75) is 23.6 Å². The van der Waals surface area contributed by atoms with Crippen molar-refractivity contribution in [3.63, 3.8) is 0 Å². The predicted octanol–water partition coefficient (Wildman–Crippen LogP) is 4.48. The third kappa shape index (κ3) is 4.80. The maximum atomic E-state index is 12.4. The number of thioether (sulfide) groups is 1. The summed E-state index contributed by atoms with van der Waals surface area (Å²) in [7, 11) is 1.84. The third-order valence-corrected chi connectivity index (χ3v) is 4.46. The SMILES string of the molecule is CC(Sc1ccc(Cl)cc1)C(=O)N(C)Cc1ccccc1. The highest BCUT2D eigenvalue weighted by Gasteiger charge is 2.18. The van der Waals surface area contributed by atoms with E-state index in [0.717, 1.165) is 10.5 Å². The first-order valence-corrected chi connectivity index (χ1v) is 8.03. The molecule has 0 spiro atoms. The first kappa shape index (κ1) is 15.9. The lowest BCUT2D eigenvalue weighted by molar-refractivity contribution is -0.129. The number of rotatable bonds is 5. The van der Waals surface area contributed by atoms with Gasteiger partial charge in [0.2, 0.25) is 5.91 Å². The number of amides is 1. The van der Waals surface area contributed by atoms with E-state index in [1.54, 1.807) is 16.7 Å². The van der Waals surface area contributed by atoms with Gasteiger partial charge in [-0.3, -0.25) is 4.79 Å². The second-order valence-electron chi connectivity index (χ2n) is 4.89. The van der Waals surface area contributed by atoms with Gasteiger partial charge in [0.05, 0.1) is 5.25 Å². The summed E-state index contributed by atoms with van der Waals surface area (Å²) in [6.07, 6.45) is 0. The van der Waals surface area contributed by atoms with Crippen LogP contribution >= 0.6 is 23.4 Å². The third-order valence-electron chi connectivity index (χ3n) is 3.11. The molecule has 2 nitrogen and oxygen atoms in total. The van der Waals surface area contributed by atoms with Crippen LogP contribution in [0.5, 0.6) is 0 Å². The molecule has 0 bridgehead atoms. The van der Waals surface area contributed by atoms with E-state index in [4.69, 9.17) is 11.6 Å². The summed E-state index contributed by atoms with van der Waals surface area (Å²) in [6, 6.07) is 17.6. The largest absolute Gasteiger partial charge is 0.340 e. The number of benzene rings is 2. The van der Waals surface area contributed by atoms with E-state index in [0.29, 0.717) is 11.6 Å². The Balaban J connectivity index is 1.93. The lowest BCUT2D eigenvalue weighted by Gasteiger charge is -2.21. The van der Waals surface area contributed by atoms with Crippen LogP contribution < -0.4 is 0 Å². The first-order valence-electron chi connectivity index (χ1n) is 6.77. The molecule has 0 N–H and O–H groups in total. The molecule has 0 aliphatic carbocycles. The molecule has 0 saturated heterocycles. The lowest BCUT2D eigenvalue weighted by Crippen LogP contribution is -2.32. The Bertz CT molecular complexity index is 585. The Morgan fingerprint density at radius 2 is 1.76 bits per heavy atom. The van der Waals surface area contributed by atoms with Gasteiger partial charge in [-0.15, -0.1) is 11.8 Å². The second kappa shape index (κ2) is 7.53. The minimum Gasteiger partial charge on any atom is -0.340 e. The van der Waals surface area contributed by atoms with E-state index in [2.05, 4.69) is 0 Å². The highest BCUT2D eigenvalue weighted by molar-refractivity contribution is 8.00. The molecule has 0 saturated carbocycles. The molecule has 110 valence electrons. The zero-order valence-corrected chi connectivity index (χ0v) is 13.7. The van der Waals surface area contributed by atoms with Gasteiger partial charge in [0.15, 0.2) is 0 Å². The lowest BCUT2D eigenvalue weighted by atomic mass is 10.2. The summed E-state index contributed by atoms with van der Waals surface area (Å²) in [5.41, 5.74) is 1.14. The molecular formula is C17H18ClNOS. The van der Waals surface area contributed by atoms with Crippen molar-refractivity contribution in [3.8, 4) is 0 Å². The van der Waals surface area contributed by atoms with Crippen LogP contribution in [0.3, 0.4) is 0 Å². The van der Waals surface area contributed by atoms with Crippen LogP contribution in [0, 0.1) is 0 Å². The van der Waals surface area contributed by atoms with Crippen molar-refractivity contribution in [2.75, 3.05) is 7.05 Å². The van der Waals surface area contributed by atoms with Gasteiger partial charge in [-0.05, 0) is 36.8 Å². The van der Waals surface area contributed by atoms with Crippen LogP contribution in [0.1, 0.15) is 12.5 Å². The number of nitrogens with zero attached hydrogens (tertiary/aromatic N) is 1. The van der Waals surface area contributed by atoms with Gasteiger partial charge in [0.1, 0.15) is 0 Å². The van der Waals surface area contributed by atoms with Gasteiger partial charge < -0.3 is 4.90 Å². The van der Waals surface area contributed by atoms with Crippen LogP contribution in [0.2, 0.25) is 5.02 Å². The van der Waals surface area contributed by atoms with Crippen molar-refractivity contribution in [1.82, 2.24) is 4.90 Å². The van der Waals surface area contributed by atoms with Gasteiger partial charge in [0.25, 0.3) is 0 Å². The molecule has 0 aliphatic rings. The van der Waals surface area contributed by atoms with Gasteiger partial charge in [-0.2, -0.15) is 0 Å². The van der Waals surface area contributed by atoms with Gasteiger partial charge >= 0.3 is 0 Å². The first-order chi connectivity index (χ1) is 10.1. The summed E-state index contributed by atoms with van der Waals surface area (Å²) in [5, 5.41) is 0.583. The van der Waals surface area contributed by atoms with Crippen molar-refractivity contribution >= 4 is 29.3 Å². The normalized spacial score (nSPS) is 12.0. The smallest absolute Gasteiger partial charge is 0.235 e. The van der Waals surface area contributed by atoms with Gasteiger partial charge in [-0.25, -0.2) is 0 Å². The number of hydrogen-bond acceptors (Lipinski definition) is 2. The fourth-order valence-electron chi connectivity index (χ4n) is 2.01. The van der Waals surface area contributed by atoms with Gasteiger partial charge in [0, 0.05) is 23.5 Å². The molecular weight excluding hydrogens is 302 g/mol. The molecule has 1 unspecified atom stereocenters. The van der Waals surface area contributed by atoms with Crippen LogP contribution in [0.25, 0.3) is 0 Å². The molecule has 1 atom stereocenters. The van der Waals surface area contributed by atoms with Crippen LogP contribution in [0.15, 0.2) is 59.5 Å². The topological polar surface area (TPSA) is 20.3 Å². The Hall–Kier alpha value is -1.45. The Morgan fingerprint density at radius 1 is 1.14 bits per heavy atom. The molecule has 2 rings (SSSR count). The van der Waals surface area contributed by atoms with E-state index in [-0.39, 0.29) is 11.2 Å². The van der Waals surface area contributed by atoms with Gasteiger partial charge in [-0.1, -0.05) is 41.9 Å². The van der Waals surface area contributed by atoms with Crippen molar-refractivity contribution in [2.24, 2.45) is 0 Å². The molecule has 0 radical (unpaired) electrons. The maximum Gasteiger partial charge on any atom is 0.235 e. The predicted molar refractivity (Wildman–Crippen MR) is 89.7 cm³/mol. The molecule has 4 heteroatoms.